The average Bonchev–Trinajstić information content (AvgIpc) is 2.70. The molecule has 0 saturated heterocycles. The molecule has 0 aliphatic carbocycles. The highest BCUT2D eigenvalue weighted by Gasteiger charge is 2.22. The molecule has 0 fully saturated rings. The minimum Gasteiger partial charge on any atom is -0.464 e. The highest BCUT2D eigenvalue weighted by molar-refractivity contribution is 5.70. The van der Waals surface area contributed by atoms with Crippen LogP contribution in [0.2, 0.25) is 0 Å². The second-order valence-corrected chi connectivity index (χ2v) is 7.04. The summed E-state index contributed by atoms with van der Waals surface area (Å²) in [6, 6.07) is 20.1. The first-order chi connectivity index (χ1) is 13.0. The van der Waals surface area contributed by atoms with E-state index < -0.39 is 12.1 Å². The summed E-state index contributed by atoms with van der Waals surface area (Å²) in [5, 5.41) is 9.54. The number of carbonyl (C=O) groups is 2. The first kappa shape index (κ1) is 20.6. The Morgan fingerprint density at radius 3 is 2.00 bits per heavy atom. The molecule has 144 valence electrons. The van der Waals surface area contributed by atoms with Crippen molar-refractivity contribution < 1.29 is 14.7 Å². The fourth-order valence-electron chi connectivity index (χ4n) is 3.47. The predicted octanol–water partition coefficient (Wildman–Crippen LogP) is 4.44. The molecular formula is C22H28N2O3. The van der Waals surface area contributed by atoms with Gasteiger partial charge in [0.15, 0.2) is 0 Å². The van der Waals surface area contributed by atoms with Crippen LogP contribution >= 0.6 is 0 Å². The van der Waals surface area contributed by atoms with E-state index in [1.807, 2.05) is 19.1 Å². The lowest BCUT2D eigenvalue weighted by Gasteiger charge is -2.23. The quantitative estimate of drug-likeness (QED) is 0.281. The number of nitrogens with zero attached hydrogens (tertiary/aromatic N) is 1. The summed E-state index contributed by atoms with van der Waals surface area (Å²) in [7, 11) is 0. The van der Waals surface area contributed by atoms with Gasteiger partial charge < -0.3 is 9.90 Å². The van der Waals surface area contributed by atoms with E-state index in [-0.39, 0.29) is 5.92 Å². The van der Waals surface area contributed by atoms with Gasteiger partial charge in [-0.2, -0.15) is 0 Å². The Kier molecular flexibility index (Phi) is 8.01. The SMILES string of the molecule is CC(CCCC(c1ccccc1)c1ccccc1)CC(C=O)N(N)C(=O)O. The molecule has 0 saturated carbocycles. The second kappa shape index (κ2) is 10.5. The van der Waals surface area contributed by atoms with Gasteiger partial charge in [0, 0.05) is 5.92 Å². The van der Waals surface area contributed by atoms with Crippen molar-refractivity contribution in [2.75, 3.05) is 0 Å². The molecule has 0 aromatic heterocycles. The molecule has 0 heterocycles. The van der Waals surface area contributed by atoms with Gasteiger partial charge in [0.25, 0.3) is 0 Å². The first-order valence-electron chi connectivity index (χ1n) is 9.35. The number of hydrogen-bond acceptors (Lipinski definition) is 3. The molecule has 27 heavy (non-hydrogen) atoms. The van der Waals surface area contributed by atoms with Crippen LogP contribution in [-0.4, -0.2) is 28.5 Å². The Morgan fingerprint density at radius 1 is 1.04 bits per heavy atom. The van der Waals surface area contributed by atoms with E-state index in [1.54, 1.807) is 0 Å². The molecule has 2 aromatic rings. The van der Waals surface area contributed by atoms with Crippen molar-refractivity contribution in [1.29, 1.82) is 0 Å². The van der Waals surface area contributed by atoms with Crippen molar-refractivity contribution in [2.45, 2.75) is 44.6 Å². The Hall–Kier alpha value is -2.66. The van der Waals surface area contributed by atoms with Crippen molar-refractivity contribution in [1.82, 2.24) is 5.01 Å². The number of nitrogens with two attached hydrogens (primary N) is 1. The zero-order valence-electron chi connectivity index (χ0n) is 15.7. The summed E-state index contributed by atoms with van der Waals surface area (Å²) < 4.78 is 0. The highest BCUT2D eigenvalue weighted by Crippen LogP contribution is 2.30. The van der Waals surface area contributed by atoms with Crippen LogP contribution in [0.3, 0.4) is 0 Å². The zero-order valence-corrected chi connectivity index (χ0v) is 15.7. The molecule has 5 nitrogen and oxygen atoms in total. The second-order valence-electron chi connectivity index (χ2n) is 7.04. The third-order valence-corrected chi connectivity index (χ3v) is 4.97. The third-order valence-electron chi connectivity index (χ3n) is 4.97. The molecule has 3 N–H and O–H groups in total. The Bertz CT molecular complexity index is 667. The van der Waals surface area contributed by atoms with Gasteiger partial charge in [-0.05, 0) is 29.9 Å². The molecule has 2 unspecified atom stereocenters. The Balaban J connectivity index is 1.95. The number of rotatable bonds is 10. The molecule has 0 spiro atoms. The van der Waals surface area contributed by atoms with Crippen LogP contribution < -0.4 is 5.84 Å². The molecule has 0 aliphatic rings. The molecule has 0 aliphatic heterocycles. The maximum absolute atomic E-state index is 11.2. The number of aldehydes is 1. The van der Waals surface area contributed by atoms with Crippen LogP contribution in [0.25, 0.3) is 0 Å². The minimum absolute atomic E-state index is 0.206. The molecule has 5 heteroatoms. The molecule has 1 amide bonds. The number of hydrazine groups is 1. The molecule has 2 atom stereocenters. The standard InChI is InChI=1S/C22H28N2O3/c1-17(15-20(16-25)24(23)22(26)27)9-8-14-21(18-10-4-2-5-11-18)19-12-6-3-7-13-19/h2-7,10-13,16-17,20-21H,8-9,14-15,23H2,1H3,(H,26,27). The van der Waals surface area contributed by atoms with Gasteiger partial charge in [0.05, 0.1) is 0 Å². The van der Waals surface area contributed by atoms with Gasteiger partial charge in [-0.15, -0.1) is 0 Å². The van der Waals surface area contributed by atoms with Crippen LogP contribution in [0.4, 0.5) is 4.79 Å². The lowest BCUT2D eigenvalue weighted by atomic mass is 9.85. The van der Waals surface area contributed by atoms with Gasteiger partial charge in [0.1, 0.15) is 12.3 Å². The summed E-state index contributed by atoms with van der Waals surface area (Å²) >= 11 is 0. The maximum atomic E-state index is 11.2. The van der Waals surface area contributed by atoms with Gasteiger partial charge in [0.2, 0.25) is 0 Å². The highest BCUT2D eigenvalue weighted by atomic mass is 16.4. The molecule has 2 rings (SSSR count). The zero-order chi connectivity index (χ0) is 19.6. The summed E-state index contributed by atoms with van der Waals surface area (Å²) in [6.45, 7) is 2.03. The molecule has 2 aromatic carbocycles. The lowest BCUT2D eigenvalue weighted by Crippen LogP contribution is -2.46. The average molecular weight is 368 g/mol. The molecule has 0 radical (unpaired) electrons. The van der Waals surface area contributed by atoms with Crippen molar-refractivity contribution >= 4 is 12.4 Å². The van der Waals surface area contributed by atoms with E-state index in [0.717, 1.165) is 19.3 Å². The normalized spacial score (nSPS) is 13.1. The smallest absolute Gasteiger partial charge is 0.422 e. The predicted molar refractivity (Wildman–Crippen MR) is 106 cm³/mol. The van der Waals surface area contributed by atoms with Crippen molar-refractivity contribution in [2.24, 2.45) is 11.8 Å². The number of hydrogen-bond donors (Lipinski definition) is 2. The van der Waals surface area contributed by atoms with Crippen molar-refractivity contribution in [3.05, 3.63) is 71.8 Å². The van der Waals surface area contributed by atoms with Crippen molar-refractivity contribution in [3.8, 4) is 0 Å². The maximum Gasteiger partial charge on any atom is 0.422 e. The van der Waals surface area contributed by atoms with E-state index in [1.165, 1.54) is 11.1 Å². The van der Waals surface area contributed by atoms with Gasteiger partial charge >= 0.3 is 6.09 Å². The monoisotopic (exact) mass is 368 g/mol. The fraction of sp³-hybridized carbons (Fsp3) is 0.364. The van der Waals surface area contributed by atoms with Crippen LogP contribution in [0, 0.1) is 5.92 Å². The summed E-state index contributed by atoms with van der Waals surface area (Å²) in [5.74, 6) is 5.98. The summed E-state index contributed by atoms with van der Waals surface area (Å²) in [4.78, 5) is 22.1. The van der Waals surface area contributed by atoms with E-state index in [2.05, 4.69) is 48.5 Å². The van der Waals surface area contributed by atoms with E-state index >= 15 is 0 Å². The number of carbonyl (C=O) groups excluding carboxylic acids is 1. The van der Waals surface area contributed by atoms with E-state index in [0.29, 0.717) is 23.6 Å². The van der Waals surface area contributed by atoms with Crippen LogP contribution in [-0.2, 0) is 4.79 Å². The Labute approximate surface area is 160 Å². The largest absolute Gasteiger partial charge is 0.464 e. The van der Waals surface area contributed by atoms with E-state index in [9.17, 15) is 9.59 Å². The van der Waals surface area contributed by atoms with Gasteiger partial charge in [-0.3, -0.25) is 0 Å². The first-order valence-corrected chi connectivity index (χ1v) is 9.35. The third kappa shape index (κ3) is 6.22. The topological polar surface area (TPSA) is 83.6 Å². The van der Waals surface area contributed by atoms with Crippen LogP contribution in [0.5, 0.6) is 0 Å². The molecule has 0 bridgehead atoms. The fourth-order valence-corrected chi connectivity index (χ4v) is 3.47. The van der Waals surface area contributed by atoms with Gasteiger partial charge in [-0.1, -0.05) is 80.4 Å². The number of benzene rings is 2. The van der Waals surface area contributed by atoms with Crippen molar-refractivity contribution in [3.63, 3.8) is 0 Å². The van der Waals surface area contributed by atoms with Gasteiger partial charge in [-0.25, -0.2) is 15.6 Å². The van der Waals surface area contributed by atoms with E-state index in [4.69, 9.17) is 10.9 Å². The summed E-state index contributed by atoms with van der Waals surface area (Å²) in [5.41, 5.74) is 2.59. The Morgan fingerprint density at radius 2 is 1.56 bits per heavy atom. The molecular weight excluding hydrogens is 340 g/mol. The summed E-state index contributed by atoms with van der Waals surface area (Å²) in [6.07, 6.45) is 2.66. The van der Waals surface area contributed by atoms with Crippen LogP contribution in [0.15, 0.2) is 60.7 Å². The number of carboxylic acid groups (broad SMARTS) is 1. The minimum atomic E-state index is -1.28. The van der Waals surface area contributed by atoms with Crippen LogP contribution in [0.1, 0.15) is 49.7 Å². The lowest BCUT2D eigenvalue weighted by molar-refractivity contribution is -0.112. The number of amides is 1.